The fraction of sp³-hybridized carbons (Fsp3) is 0.714. The van der Waals surface area contributed by atoms with Crippen molar-refractivity contribution >= 4 is 11.6 Å². The second-order valence-electron chi connectivity index (χ2n) is 8.18. The van der Waals surface area contributed by atoms with Crippen molar-refractivity contribution in [2.75, 3.05) is 12.4 Å². The zero-order valence-corrected chi connectivity index (χ0v) is 16.5. The molecule has 27 heavy (non-hydrogen) atoms. The maximum Gasteiger partial charge on any atom is 0.223 e. The van der Waals surface area contributed by atoms with Crippen LogP contribution in [0, 0.1) is 5.92 Å². The number of nitrogens with zero attached hydrogens (tertiary/aromatic N) is 2. The zero-order chi connectivity index (χ0) is 19.2. The molecule has 2 aliphatic rings. The summed E-state index contributed by atoms with van der Waals surface area (Å²) in [7, 11) is 1.79. The molecule has 6 heteroatoms. The van der Waals surface area contributed by atoms with E-state index in [4.69, 9.17) is 15.5 Å². The molecule has 0 radical (unpaired) electrons. The molecule has 0 amide bonds. The predicted molar refractivity (Wildman–Crippen MR) is 108 cm³/mol. The second-order valence-corrected chi connectivity index (χ2v) is 8.18. The Labute approximate surface area is 162 Å². The molecule has 1 heterocycles. The molecule has 2 atom stereocenters. The highest BCUT2D eigenvalue weighted by atomic mass is 16.5. The van der Waals surface area contributed by atoms with Crippen LogP contribution in [0.25, 0.3) is 5.70 Å². The predicted octanol–water partition coefficient (Wildman–Crippen LogP) is 3.26. The smallest absolute Gasteiger partial charge is 0.223 e. The number of aromatic nitrogens is 2. The highest BCUT2D eigenvalue weighted by molar-refractivity contribution is 5.62. The third kappa shape index (κ3) is 5.66. The minimum absolute atomic E-state index is 0.197. The SMILES string of the molecule is C=C(N)c1cnc(NC2CCC(OC)CC2)nc1C[C@H]1CCCC[C@@H](O)C1. The van der Waals surface area contributed by atoms with E-state index in [0.717, 1.165) is 69.0 Å². The van der Waals surface area contributed by atoms with Gasteiger partial charge in [-0.25, -0.2) is 9.97 Å². The number of hydrogen-bond acceptors (Lipinski definition) is 6. The minimum atomic E-state index is -0.197. The number of aliphatic hydroxyl groups is 1. The van der Waals surface area contributed by atoms with E-state index in [1.54, 1.807) is 13.3 Å². The van der Waals surface area contributed by atoms with Crippen molar-refractivity contribution in [2.24, 2.45) is 11.7 Å². The van der Waals surface area contributed by atoms with Crippen LogP contribution in [0.4, 0.5) is 5.95 Å². The van der Waals surface area contributed by atoms with E-state index in [-0.39, 0.29) is 6.10 Å². The lowest BCUT2D eigenvalue weighted by atomic mass is 9.92. The summed E-state index contributed by atoms with van der Waals surface area (Å²) in [4.78, 5) is 9.28. The van der Waals surface area contributed by atoms with Gasteiger partial charge in [-0.1, -0.05) is 19.4 Å². The van der Waals surface area contributed by atoms with Crippen LogP contribution in [0.2, 0.25) is 0 Å². The van der Waals surface area contributed by atoms with Crippen LogP contribution < -0.4 is 11.1 Å². The number of methoxy groups -OCH3 is 1. The van der Waals surface area contributed by atoms with Crippen molar-refractivity contribution < 1.29 is 9.84 Å². The fourth-order valence-corrected chi connectivity index (χ4v) is 4.43. The average molecular weight is 375 g/mol. The third-order valence-corrected chi connectivity index (χ3v) is 6.04. The first-order valence-corrected chi connectivity index (χ1v) is 10.3. The minimum Gasteiger partial charge on any atom is -0.399 e. The van der Waals surface area contributed by atoms with E-state index >= 15 is 0 Å². The maximum absolute atomic E-state index is 10.1. The van der Waals surface area contributed by atoms with Crippen molar-refractivity contribution in [1.82, 2.24) is 9.97 Å². The number of nitrogens with two attached hydrogens (primary N) is 1. The summed E-state index contributed by atoms with van der Waals surface area (Å²) in [6.45, 7) is 3.89. The maximum atomic E-state index is 10.1. The lowest BCUT2D eigenvalue weighted by Gasteiger charge is -2.28. The van der Waals surface area contributed by atoms with Gasteiger partial charge in [-0.3, -0.25) is 0 Å². The van der Waals surface area contributed by atoms with Gasteiger partial charge < -0.3 is 20.9 Å². The molecule has 1 aromatic rings. The summed E-state index contributed by atoms with van der Waals surface area (Å²) in [6, 6.07) is 0.385. The Kier molecular flexibility index (Phi) is 7.07. The molecule has 2 aliphatic carbocycles. The molecular weight excluding hydrogens is 340 g/mol. The number of ether oxygens (including phenoxy) is 1. The summed E-state index contributed by atoms with van der Waals surface area (Å²) in [5, 5.41) is 13.6. The molecule has 4 N–H and O–H groups in total. The summed E-state index contributed by atoms with van der Waals surface area (Å²) >= 11 is 0. The number of hydrogen-bond donors (Lipinski definition) is 3. The van der Waals surface area contributed by atoms with Gasteiger partial charge in [0, 0.05) is 30.6 Å². The van der Waals surface area contributed by atoms with Gasteiger partial charge in [-0.15, -0.1) is 0 Å². The van der Waals surface area contributed by atoms with Gasteiger partial charge in [0.05, 0.1) is 17.9 Å². The third-order valence-electron chi connectivity index (χ3n) is 6.04. The molecule has 2 fully saturated rings. The molecule has 6 nitrogen and oxygen atoms in total. The van der Waals surface area contributed by atoms with Crippen LogP contribution in [0.1, 0.15) is 69.0 Å². The molecule has 0 aliphatic heterocycles. The van der Waals surface area contributed by atoms with Crippen LogP contribution in [-0.4, -0.2) is 40.4 Å². The van der Waals surface area contributed by atoms with E-state index in [9.17, 15) is 5.11 Å². The molecule has 1 aromatic heterocycles. The van der Waals surface area contributed by atoms with Crippen LogP contribution in [0.5, 0.6) is 0 Å². The van der Waals surface area contributed by atoms with E-state index in [2.05, 4.69) is 16.9 Å². The number of rotatable bonds is 6. The van der Waals surface area contributed by atoms with Gasteiger partial charge in [0.15, 0.2) is 0 Å². The Balaban J connectivity index is 1.69. The molecular formula is C21H34N4O2. The summed E-state index contributed by atoms with van der Waals surface area (Å²) in [5.41, 5.74) is 8.27. The van der Waals surface area contributed by atoms with Gasteiger partial charge in [-0.05, 0) is 57.3 Å². The van der Waals surface area contributed by atoms with Crippen molar-refractivity contribution in [3.63, 3.8) is 0 Å². The monoisotopic (exact) mass is 374 g/mol. The summed E-state index contributed by atoms with van der Waals surface area (Å²) in [5.74, 6) is 1.10. The largest absolute Gasteiger partial charge is 0.399 e. The zero-order valence-electron chi connectivity index (χ0n) is 16.5. The van der Waals surface area contributed by atoms with E-state index in [0.29, 0.717) is 29.7 Å². The van der Waals surface area contributed by atoms with Crippen molar-refractivity contribution in [3.8, 4) is 0 Å². The quantitative estimate of drug-likeness (QED) is 0.662. The molecule has 0 spiro atoms. The van der Waals surface area contributed by atoms with Crippen molar-refractivity contribution in [2.45, 2.75) is 82.5 Å². The van der Waals surface area contributed by atoms with E-state index in [1.165, 1.54) is 6.42 Å². The van der Waals surface area contributed by atoms with Gasteiger partial charge in [-0.2, -0.15) is 0 Å². The van der Waals surface area contributed by atoms with Crippen LogP contribution in [0.3, 0.4) is 0 Å². The van der Waals surface area contributed by atoms with Crippen LogP contribution in [0.15, 0.2) is 12.8 Å². The first kappa shape index (κ1) is 20.1. The Hall–Kier alpha value is -1.66. The first-order chi connectivity index (χ1) is 13.0. The topological polar surface area (TPSA) is 93.3 Å². The molecule has 0 aromatic carbocycles. The molecule has 0 saturated heterocycles. The summed E-state index contributed by atoms with van der Waals surface area (Å²) in [6.07, 6.45) is 12.2. The lowest BCUT2D eigenvalue weighted by molar-refractivity contribution is 0.0681. The Morgan fingerprint density at radius 1 is 1.26 bits per heavy atom. The Bertz CT molecular complexity index is 629. The van der Waals surface area contributed by atoms with E-state index < -0.39 is 0 Å². The normalized spacial score (nSPS) is 29.1. The first-order valence-electron chi connectivity index (χ1n) is 10.3. The number of nitrogens with one attached hydrogen (secondary N) is 1. The van der Waals surface area contributed by atoms with Crippen LogP contribution in [-0.2, 0) is 11.2 Å². The van der Waals surface area contributed by atoms with Crippen molar-refractivity contribution in [3.05, 3.63) is 24.0 Å². The highest BCUT2D eigenvalue weighted by Crippen LogP contribution is 2.28. The number of anilines is 1. The molecule has 0 bridgehead atoms. The summed E-state index contributed by atoms with van der Waals surface area (Å²) < 4.78 is 5.45. The van der Waals surface area contributed by atoms with Crippen molar-refractivity contribution in [1.29, 1.82) is 0 Å². The number of aliphatic hydroxyl groups excluding tert-OH is 1. The van der Waals surface area contributed by atoms with Gasteiger partial charge in [0.1, 0.15) is 0 Å². The Morgan fingerprint density at radius 3 is 2.70 bits per heavy atom. The molecule has 150 valence electrons. The fourth-order valence-electron chi connectivity index (χ4n) is 4.43. The molecule has 2 saturated carbocycles. The molecule has 0 unspecified atom stereocenters. The average Bonchev–Trinajstić information content (AvgIpc) is 2.86. The van der Waals surface area contributed by atoms with Gasteiger partial charge in [0.2, 0.25) is 5.95 Å². The van der Waals surface area contributed by atoms with E-state index in [1.807, 2.05) is 0 Å². The van der Waals surface area contributed by atoms with Crippen LogP contribution >= 0.6 is 0 Å². The highest BCUT2D eigenvalue weighted by Gasteiger charge is 2.23. The standard InChI is InChI=1S/C21H34N4O2/c1-14(22)19-13-23-21(24-16-7-9-18(27-2)10-8-16)25-20(19)12-15-5-3-4-6-17(26)11-15/h13,15-18,26H,1,3-12,22H2,2H3,(H,23,24,25)/t15-,16?,17+,18?/m0/s1. The van der Waals surface area contributed by atoms with Gasteiger partial charge >= 0.3 is 0 Å². The second kappa shape index (κ2) is 9.51. The lowest BCUT2D eigenvalue weighted by Crippen LogP contribution is -2.30. The Morgan fingerprint density at radius 2 is 2.00 bits per heavy atom. The molecule has 3 rings (SSSR count). The van der Waals surface area contributed by atoms with Gasteiger partial charge in [0.25, 0.3) is 0 Å².